The third-order valence-corrected chi connectivity index (χ3v) is 6.40. The average molecular weight is 444 g/mol. The van der Waals surface area contributed by atoms with Crippen LogP contribution in [0.25, 0.3) is 0 Å². The largest absolute Gasteiger partial charge is 0.374 e. The van der Waals surface area contributed by atoms with E-state index in [4.69, 9.17) is 11.6 Å². The number of halogens is 1. The molecular formula is C27H38ClNO2. The summed E-state index contributed by atoms with van der Waals surface area (Å²) in [5.41, 5.74) is 4.42. The summed E-state index contributed by atoms with van der Waals surface area (Å²) in [6.45, 7) is 10.3. The van der Waals surface area contributed by atoms with E-state index in [1.807, 2.05) is 51.1 Å². The molecule has 2 rings (SSSR count). The van der Waals surface area contributed by atoms with Crippen LogP contribution in [0.15, 0.2) is 42.5 Å². The van der Waals surface area contributed by atoms with Gasteiger partial charge in [0.05, 0.1) is 6.04 Å². The van der Waals surface area contributed by atoms with E-state index in [-0.39, 0.29) is 17.7 Å². The summed E-state index contributed by atoms with van der Waals surface area (Å²) in [5.74, 6) is 0.724. The highest BCUT2D eigenvalue weighted by atomic mass is 35.5. The lowest BCUT2D eigenvalue weighted by Gasteiger charge is -2.25. The number of benzene rings is 2. The number of rotatable bonds is 12. The Labute approximate surface area is 193 Å². The van der Waals surface area contributed by atoms with Crippen LogP contribution < -0.4 is 5.32 Å². The Morgan fingerprint density at radius 3 is 2.23 bits per heavy atom. The third-order valence-electron chi connectivity index (χ3n) is 6.15. The van der Waals surface area contributed by atoms with Gasteiger partial charge in [-0.05, 0) is 79.3 Å². The second-order valence-electron chi connectivity index (χ2n) is 9.03. The second kappa shape index (κ2) is 12.4. The zero-order chi connectivity index (χ0) is 23.0. The molecule has 3 atom stereocenters. The average Bonchev–Trinajstić information content (AvgIpc) is 2.73. The third kappa shape index (κ3) is 7.75. The zero-order valence-electron chi connectivity index (χ0n) is 19.6. The number of aliphatic hydroxyl groups is 1. The maximum atomic E-state index is 13.0. The maximum absolute atomic E-state index is 13.0. The molecule has 0 saturated heterocycles. The predicted molar refractivity (Wildman–Crippen MR) is 131 cm³/mol. The molecule has 0 saturated carbocycles. The molecule has 2 N–H and O–H groups in total. The fraction of sp³-hybridized carbons (Fsp3) is 0.519. The monoisotopic (exact) mass is 443 g/mol. The van der Waals surface area contributed by atoms with E-state index in [9.17, 15) is 9.90 Å². The van der Waals surface area contributed by atoms with Crippen LogP contribution in [0.1, 0.15) is 87.3 Å². The molecular weight excluding hydrogens is 406 g/mol. The first-order valence-corrected chi connectivity index (χ1v) is 11.9. The Hall–Kier alpha value is -1.68. The number of carbonyl (C=O) groups is 1. The number of aryl methyl sites for hydroxylation is 2. The van der Waals surface area contributed by atoms with Gasteiger partial charge in [0.1, 0.15) is 12.0 Å². The number of hydrogen-bond donors (Lipinski definition) is 2. The lowest BCUT2D eigenvalue weighted by molar-refractivity contribution is -0.123. The first-order chi connectivity index (χ1) is 14.7. The topological polar surface area (TPSA) is 49.3 Å². The van der Waals surface area contributed by atoms with Gasteiger partial charge in [-0.3, -0.25) is 10.1 Å². The van der Waals surface area contributed by atoms with Gasteiger partial charge in [0, 0.05) is 11.4 Å². The maximum Gasteiger partial charge on any atom is 0.150 e. The molecule has 31 heavy (non-hydrogen) atoms. The van der Waals surface area contributed by atoms with Gasteiger partial charge in [-0.1, -0.05) is 69.1 Å². The quantitative estimate of drug-likeness (QED) is 0.351. The molecule has 0 fully saturated rings. The summed E-state index contributed by atoms with van der Waals surface area (Å²) < 4.78 is 0. The van der Waals surface area contributed by atoms with Gasteiger partial charge in [-0.25, -0.2) is 0 Å². The van der Waals surface area contributed by atoms with Crippen molar-refractivity contribution in [3.63, 3.8) is 0 Å². The van der Waals surface area contributed by atoms with Crippen LogP contribution in [0, 0.1) is 19.8 Å². The fourth-order valence-corrected chi connectivity index (χ4v) is 4.22. The molecule has 0 amide bonds. The Kier molecular flexibility index (Phi) is 10.2. The minimum atomic E-state index is -0.849. The SMILES string of the molecule is CCCC(CCCC(=O)C(N[C@H](O)c1ccc(C)c(C)c1)C(C)C)c1ccc(Cl)cc1. The number of Topliss-reactive ketones (excluding diaryl/α,β-unsaturated/α-hetero) is 1. The van der Waals surface area contributed by atoms with E-state index in [0.29, 0.717) is 12.3 Å². The molecule has 0 aliphatic carbocycles. The minimum Gasteiger partial charge on any atom is -0.374 e. The summed E-state index contributed by atoms with van der Waals surface area (Å²) in [6, 6.07) is 13.6. The zero-order valence-corrected chi connectivity index (χ0v) is 20.4. The van der Waals surface area contributed by atoms with E-state index >= 15 is 0 Å². The van der Waals surface area contributed by atoms with Crippen LogP contribution in [0.2, 0.25) is 5.02 Å². The number of aliphatic hydroxyl groups excluding tert-OH is 1. The molecule has 2 unspecified atom stereocenters. The number of carbonyl (C=O) groups excluding carboxylic acids is 1. The van der Waals surface area contributed by atoms with Crippen LogP contribution in [-0.4, -0.2) is 16.9 Å². The van der Waals surface area contributed by atoms with Crippen LogP contribution in [0.4, 0.5) is 0 Å². The van der Waals surface area contributed by atoms with Crippen molar-refractivity contribution < 1.29 is 9.90 Å². The molecule has 2 aromatic rings. The smallest absolute Gasteiger partial charge is 0.150 e. The number of ketones is 1. The lowest BCUT2D eigenvalue weighted by Crippen LogP contribution is -2.43. The van der Waals surface area contributed by atoms with Crippen molar-refractivity contribution in [1.82, 2.24) is 5.32 Å². The molecule has 0 aliphatic rings. The molecule has 4 heteroatoms. The van der Waals surface area contributed by atoms with Crippen molar-refractivity contribution in [1.29, 1.82) is 0 Å². The normalized spacial score (nSPS) is 14.5. The van der Waals surface area contributed by atoms with Gasteiger partial charge in [-0.2, -0.15) is 0 Å². The molecule has 0 spiro atoms. The highest BCUT2D eigenvalue weighted by Crippen LogP contribution is 2.28. The summed E-state index contributed by atoms with van der Waals surface area (Å²) in [5, 5.41) is 14.6. The minimum absolute atomic E-state index is 0.108. The van der Waals surface area contributed by atoms with Crippen LogP contribution in [0.5, 0.6) is 0 Å². The fourth-order valence-electron chi connectivity index (χ4n) is 4.10. The van der Waals surface area contributed by atoms with Crippen molar-refractivity contribution >= 4 is 17.4 Å². The van der Waals surface area contributed by atoms with E-state index in [0.717, 1.165) is 41.8 Å². The van der Waals surface area contributed by atoms with Crippen molar-refractivity contribution in [3.05, 3.63) is 69.7 Å². The molecule has 0 radical (unpaired) electrons. The Bertz CT molecular complexity index is 832. The Balaban J connectivity index is 1.96. The summed E-state index contributed by atoms with van der Waals surface area (Å²) in [4.78, 5) is 13.0. The molecule has 170 valence electrons. The van der Waals surface area contributed by atoms with Crippen molar-refractivity contribution in [2.75, 3.05) is 0 Å². The molecule has 2 aromatic carbocycles. The summed E-state index contributed by atoms with van der Waals surface area (Å²) in [6.07, 6.45) is 3.70. The Morgan fingerprint density at radius 2 is 1.65 bits per heavy atom. The lowest BCUT2D eigenvalue weighted by atomic mass is 9.88. The Morgan fingerprint density at radius 1 is 1.00 bits per heavy atom. The number of hydrogen-bond acceptors (Lipinski definition) is 3. The first kappa shape index (κ1) is 25.6. The van der Waals surface area contributed by atoms with Crippen molar-refractivity contribution in [2.24, 2.45) is 5.92 Å². The van der Waals surface area contributed by atoms with Crippen molar-refractivity contribution in [2.45, 2.75) is 84.9 Å². The van der Waals surface area contributed by atoms with Crippen LogP contribution in [0.3, 0.4) is 0 Å². The molecule has 3 nitrogen and oxygen atoms in total. The molecule has 0 aromatic heterocycles. The highest BCUT2D eigenvalue weighted by molar-refractivity contribution is 6.30. The second-order valence-corrected chi connectivity index (χ2v) is 9.47. The van der Waals surface area contributed by atoms with Gasteiger partial charge >= 0.3 is 0 Å². The van der Waals surface area contributed by atoms with E-state index in [1.54, 1.807) is 0 Å². The van der Waals surface area contributed by atoms with Crippen molar-refractivity contribution in [3.8, 4) is 0 Å². The molecule has 0 heterocycles. The van der Waals surface area contributed by atoms with Crippen LogP contribution in [-0.2, 0) is 4.79 Å². The van der Waals surface area contributed by atoms with Crippen LogP contribution >= 0.6 is 11.6 Å². The molecule has 0 aliphatic heterocycles. The summed E-state index contributed by atoms with van der Waals surface area (Å²) in [7, 11) is 0. The van der Waals surface area contributed by atoms with Gasteiger partial charge < -0.3 is 5.11 Å². The predicted octanol–water partition coefficient (Wildman–Crippen LogP) is 6.89. The standard InChI is InChI=1S/C27H38ClNO2/c1-6-8-21(22-13-15-24(28)16-14-22)9-7-10-25(30)26(18(2)3)29-27(31)23-12-11-19(4)20(5)17-23/h11-18,21,26-27,29,31H,6-10H2,1-5H3/t21?,26?,27-/m1/s1. The highest BCUT2D eigenvalue weighted by Gasteiger charge is 2.25. The van der Waals surface area contributed by atoms with E-state index in [2.05, 4.69) is 31.3 Å². The van der Waals surface area contributed by atoms with Gasteiger partial charge in [-0.15, -0.1) is 0 Å². The summed E-state index contributed by atoms with van der Waals surface area (Å²) >= 11 is 6.03. The van der Waals surface area contributed by atoms with E-state index < -0.39 is 6.23 Å². The molecule has 0 bridgehead atoms. The van der Waals surface area contributed by atoms with Gasteiger partial charge in [0.15, 0.2) is 0 Å². The first-order valence-electron chi connectivity index (χ1n) is 11.5. The van der Waals surface area contributed by atoms with Gasteiger partial charge in [0.2, 0.25) is 0 Å². The van der Waals surface area contributed by atoms with Gasteiger partial charge in [0.25, 0.3) is 0 Å². The van der Waals surface area contributed by atoms with E-state index in [1.165, 1.54) is 11.1 Å². The number of nitrogens with one attached hydrogen (secondary N) is 1.